The van der Waals surface area contributed by atoms with Gasteiger partial charge in [-0.1, -0.05) is 20.8 Å². The summed E-state index contributed by atoms with van der Waals surface area (Å²) in [6.45, 7) is 6.90. The zero-order chi connectivity index (χ0) is 13.3. The van der Waals surface area contributed by atoms with E-state index in [1.165, 1.54) is 6.42 Å². The molecule has 2 heteroatoms. The molecule has 0 aromatic heterocycles. The van der Waals surface area contributed by atoms with Crippen LogP contribution in [0.25, 0.3) is 0 Å². The molecule has 0 N–H and O–H groups in total. The number of Topliss-reactive ketones (excluding diaryl/α,β-unsaturated/α-hetero) is 2. The van der Waals surface area contributed by atoms with E-state index in [1.807, 2.05) is 0 Å². The van der Waals surface area contributed by atoms with Crippen LogP contribution >= 0.6 is 0 Å². The Morgan fingerprint density at radius 2 is 2.06 bits per heavy atom. The molecule has 0 amide bonds. The van der Waals surface area contributed by atoms with Gasteiger partial charge >= 0.3 is 0 Å². The van der Waals surface area contributed by atoms with Crippen LogP contribution in [-0.2, 0) is 9.59 Å². The van der Waals surface area contributed by atoms with Crippen LogP contribution in [0.5, 0.6) is 0 Å². The smallest absolute Gasteiger partial charge is 0.143 e. The van der Waals surface area contributed by atoms with Crippen molar-refractivity contribution >= 4 is 11.6 Å². The first-order valence-corrected chi connectivity index (χ1v) is 7.43. The van der Waals surface area contributed by atoms with Gasteiger partial charge in [-0.25, -0.2) is 0 Å². The molecule has 3 unspecified atom stereocenters. The van der Waals surface area contributed by atoms with E-state index in [0.717, 1.165) is 25.7 Å². The molecule has 0 radical (unpaired) electrons. The Morgan fingerprint density at radius 3 is 2.61 bits per heavy atom. The number of carbonyl (C=O) groups excluding carboxylic acids is 2. The van der Waals surface area contributed by atoms with Gasteiger partial charge in [-0.15, -0.1) is 0 Å². The van der Waals surface area contributed by atoms with Gasteiger partial charge in [0, 0.05) is 12.8 Å². The first-order valence-electron chi connectivity index (χ1n) is 7.43. The molecule has 0 aromatic carbocycles. The van der Waals surface area contributed by atoms with Crippen molar-refractivity contribution in [2.45, 2.75) is 65.7 Å². The van der Waals surface area contributed by atoms with Gasteiger partial charge in [0.05, 0.1) is 5.92 Å². The van der Waals surface area contributed by atoms with Crippen LogP contribution in [-0.4, -0.2) is 11.6 Å². The van der Waals surface area contributed by atoms with E-state index >= 15 is 0 Å². The lowest BCUT2D eigenvalue weighted by Crippen LogP contribution is -2.30. The highest BCUT2D eigenvalue weighted by molar-refractivity contribution is 6.03. The Labute approximate surface area is 111 Å². The number of hydrogen-bond donors (Lipinski definition) is 0. The first-order chi connectivity index (χ1) is 8.37. The second-order valence-corrected chi connectivity index (χ2v) is 7.36. The summed E-state index contributed by atoms with van der Waals surface area (Å²) in [5.41, 5.74) is 0.363. The molecule has 0 spiro atoms. The number of rotatable bonds is 3. The Hall–Kier alpha value is -0.660. The topological polar surface area (TPSA) is 34.1 Å². The molecule has 0 aromatic rings. The van der Waals surface area contributed by atoms with E-state index in [1.54, 1.807) is 0 Å². The molecular formula is C16H26O2. The Balaban J connectivity index is 1.92. The fraction of sp³-hybridized carbons (Fsp3) is 0.875. The summed E-state index contributed by atoms with van der Waals surface area (Å²) < 4.78 is 0. The van der Waals surface area contributed by atoms with Gasteiger partial charge in [0.25, 0.3) is 0 Å². The second kappa shape index (κ2) is 5.14. The van der Waals surface area contributed by atoms with E-state index in [0.29, 0.717) is 30.1 Å². The normalized spacial score (nSPS) is 35.7. The zero-order valence-electron chi connectivity index (χ0n) is 12.0. The summed E-state index contributed by atoms with van der Waals surface area (Å²) >= 11 is 0. The second-order valence-electron chi connectivity index (χ2n) is 7.36. The molecule has 3 atom stereocenters. The molecule has 0 saturated heterocycles. The van der Waals surface area contributed by atoms with Crippen molar-refractivity contribution in [3.8, 4) is 0 Å². The summed E-state index contributed by atoms with van der Waals surface area (Å²) in [4.78, 5) is 23.8. The van der Waals surface area contributed by atoms with Crippen LogP contribution in [0.3, 0.4) is 0 Å². The third-order valence-electron chi connectivity index (χ3n) is 4.66. The maximum atomic E-state index is 12.2. The fourth-order valence-corrected chi connectivity index (χ4v) is 4.28. The van der Waals surface area contributed by atoms with Gasteiger partial charge in [0.1, 0.15) is 11.6 Å². The SMILES string of the molecule is CC1CC(CC(=O)C2CCCC2=O)CC(C)(C)C1. The summed E-state index contributed by atoms with van der Waals surface area (Å²) in [7, 11) is 0. The highest BCUT2D eigenvalue weighted by atomic mass is 16.2. The Kier molecular flexibility index (Phi) is 3.93. The molecule has 102 valence electrons. The van der Waals surface area contributed by atoms with Gasteiger partial charge in [-0.2, -0.15) is 0 Å². The van der Waals surface area contributed by atoms with E-state index in [-0.39, 0.29) is 17.5 Å². The van der Waals surface area contributed by atoms with Crippen LogP contribution in [0.4, 0.5) is 0 Å². The van der Waals surface area contributed by atoms with Crippen molar-refractivity contribution in [1.29, 1.82) is 0 Å². The van der Waals surface area contributed by atoms with Gasteiger partial charge in [0.15, 0.2) is 0 Å². The standard InChI is InChI=1S/C16H26O2/c1-11-7-12(10-16(2,3)9-11)8-15(18)13-5-4-6-14(13)17/h11-13H,4-10H2,1-3H3. The third-order valence-corrected chi connectivity index (χ3v) is 4.66. The van der Waals surface area contributed by atoms with E-state index in [9.17, 15) is 9.59 Å². The fourth-order valence-electron chi connectivity index (χ4n) is 4.28. The summed E-state index contributed by atoms with van der Waals surface area (Å²) in [6.07, 6.45) is 6.57. The summed E-state index contributed by atoms with van der Waals surface area (Å²) in [5, 5.41) is 0. The van der Waals surface area contributed by atoms with E-state index in [4.69, 9.17) is 0 Å². The molecule has 0 aliphatic heterocycles. The molecule has 2 saturated carbocycles. The van der Waals surface area contributed by atoms with Crippen LogP contribution in [0.2, 0.25) is 0 Å². The van der Waals surface area contributed by atoms with Crippen molar-refractivity contribution < 1.29 is 9.59 Å². The molecule has 2 fully saturated rings. The molecule has 0 heterocycles. The zero-order valence-corrected chi connectivity index (χ0v) is 12.0. The molecular weight excluding hydrogens is 224 g/mol. The summed E-state index contributed by atoms with van der Waals surface area (Å²) in [5.74, 6) is 1.40. The van der Waals surface area contributed by atoms with E-state index in [2.05, 4.69) is 20.8 Å². The lowest BCUT2D eigenvalue weighted by molar-refractivity contribution is -0.131. The van der Waals surface area contributed by atoms with Gasteiger partial charge in [-0.05, 0) is 49.4 Å². The monoisotopic (exact) mass is 250 g/mol. The average molecular weight is 250 g/mol. The molecule has 2 nitrogen and oxygen atoms in total. The highest BCUT2D eigenvalue weighted by Crippen LogP contribution is 2.43. The molecule has 2 rings (SSSR count). The lowest BCUT2D eigenvalue weighted by atomic mass is 9.66. The van der Waals surface area contributed by atoms with Crippen LogP contribution < -0.4 is 0 Å². The number of hydrogen-bond acceptors (Lipinski definition) is 2. The first kappa shape index (κ1) is 13.8. The minimum absolute atomic E-state index is 0.197. The van der Waals surface area contributed by atoms with Gasteiger partial charge in [-0.3, -0.25) is 9.59 Å². The van der Waals surface area contributed by atoms with Crippen molar-refractivity contribution in [1.82, 2.24) is 0 Å². The molecule has 18 heavy (non-hydrogen) atoms. The Morgan fingerprint density at radius 1 is 1.33 bits per heavy atom. The van der Waals surface area contributed by atoms with Gasteiger partial charge < -0.3 is 0 Å². The van der Waals surface area contributed by atoms with Crippen molar-refractivity contribution in [3.05, 3.63) is 0 Å². The van der Waals surface area contributed by atoms with Crippen molar-refractivity contribution in [2.24, 2.45) is 23.2 Å². The summed E-state index contributed by atoms with van der Waals surface area (Å²) in [6, 6.07) is 0. The average Bonchev–Trinajstić information content (AvgIpc) is 2.60. The molecule has 2 aliphatic carbocycles. The Bertz CT molecular complexity index is 343. The van der Waals surface area contributed by atoms with Gasteiger partial charge in [0.2, 0.25) is 0 Å². The van der Waals surface area contributed by atoms with Crippen LogP contribution in [0, 0.1) is 23.2 Å². The minimum Gasteiger partial charge on any atom is -0.299 e. The minimum atomic E-state index is -0.245. The number of ketones is 2. The van der Waals surface area contributed by atoms with Crippen molar-refractivity contribution in [3.63, 3.8) is 0 Å². The largest absolute Gasteiger partial charge is 0.299 e. The molecule has 2 aliphatic rings. The highest BCUT2D eigenvalue weighted by Gasteiger charge is 2.36. The lowest BCUT2D eigenvalue weighted by Gasteiger charge is -2.39. The van der Waals surface area contributed by atoms with Crippen molar-refractivity contribution in [2.75, 3.05) is 0 Å². The van der Waals surface area contributed by atoms with Crippen LogP contribution in [0.1, 0.15) is 65.7 Å². The maximum Gasteiger partial charge on any atom is 0.143 e. The van der Waals surface area contributed by atoms with Crippen LogP contribution in [0.15, 0.2) is 0 Å². The van der Waals surface area contributed by atoms with E-state index < -0.39 is 0 Å². The quantitative estimate of drug-likeness (QED) is 0.714. The molecule has 0 bridgehead atoms. The maximum absolute atomic E-state index is 12.2. The third kappa shape index (κ3) is 3.21. The number of carbonyl (C=O) groups is 2. The predicted octanol–water partition coefficient (Wildman–Crippen LogP) is 3.78. The predicted molar refractivity (Wildman–Crippen MR) is 72.3 cm³/mol.